The van der Waals surface area contributed by atoms with Gasteiger partial charge in [0, 0.05) is 12.6 Å². The third kappa shape index (κ3) is 4.09. The normalized spacial score (nSPS) is 17.8. The Morgan fingerprint density at radius 3 is 2.71 bits per heavy atom. The van der Waals surface area contributed by atoms with E-state index in [9.17, 15) is 0 Å². The highest BCUT2D eigenvalue weighted by Crippen LogP contribution is 2.30. The van der Waals surface area contributed by atoms with E-state index in [0.29, 0.717) is 6.04 Å². The van der Waals surface area contributed by atoms with E-state index in [0.717, 1.165) is 37.5 Å². The van der Waals surface area contributed by atoms with Gasteiger partial charge in [-0.3, -0.25) is 4.90 Å². The van der Waals surface area contributed by atoms with E-state index in [-0.39, 0.29) is 6.10 Å². The van der Waals surface area contributed by atoms with Crippen LogP contribution >= 0.6 is 0 Å². The molecule has 0 aliphatic carbocycles. The molecule has 2 aromatic rings. The average Bonchev–Trinajstić information content (AvgIpc) is 2.60. The predicted molar refractivity (Wildman–Crippen MR) is 101 cm³/mol. The van der Waals surface area contributed by atoms with Crippen LogP contribution in [0.2, 0.25) is 0 Å². The molecule has 2 unspecified atom stereocenters. The molecule has 24 heavy (non-hydrogen) atoms. The zero-order valence-corrected chi connectivity index (χ0v) is 15.0. The van der Waals surface area contributed by atoms with Gasteiger partial charge in [-0.2, -0.15) is 0 Å². The summed E-state index contributed by atoms with van der Waals surface area (Å²) in [7, 11) is 0. The van der Waals surface area contributed by atoms with Crippen molar-refractivity contribution in [2.75, 3.05) is 18.4 Å². The standard InChI is InChI=1S/C21H28N2O/c1-4-23(15-18-8-6-5-7-9-18)16(2)12-19-10-11-21-20(13-19)22-14-17(3)24-21/h5-11,13,16-17,22H,4,12,14-15H2,1-3H3. The molecule has 0 bridgehead atoms. The summed E-state index contributed by atoms with van der Waals surface area (Å²) in [6, 6.07) is 17.8. The second-order valence-electron chi connectivity index (χ2n) is 6.74. The van der Waals surface area contributed by atoms with Gasteiger partial charge in [0.1, 0.15) is 11.9 Å². The lowest BCUT2D eigenvalue weighted by atomic mass is 10.0. The smallest absolute Gasteiger partial charge is 0.142 e. The number of likely N-dealkylation sites (N-methyl/N-ethyl adjacent to an activating group) is 1. The summed E-state index contributed by atoms with van der Waals surface area (Å²) in [6.07, 6.45) is 1.29. The molecule has 0 amide bonds. The Bertz CT molecular complexity index is 656. The number of ether oxygens (including phenoxy) is 1. The molecule has 1 aliphatic rings. The molecule has 3 rings (SSSR count). The van der Waals surface area contributed by atoms with Crippen molar-refractivity contribution in [1.29, 1.82) is 0 Å². The van der Waals surface area contributed by atoms with Crippen LogP contribution in [0.3, 0.4) is 0 Å². The quantitative estimate of drug-likeness (QED) is 0.856. The lowest BCUT2D eigenvalue weighted by molar-refractivity contribution is 0.209. The van der Waals surface area contributed by atoms with E-state index in [1.807, 2.05) is 0 Å². The Morgan fingerprint density at radius 2 is 1.96 bits per heavy atom. The van der Waals surface area contributed by atoms with Gasteiger partial charge >= 0.3 is 0 Å². The van der Waals surface area contributed by atoms with Crippen molar-refractivity contribution < 1.29 is 4.74 Å². The first-order chi connectivity index (χ1) is 11.7. The average molecular weight is 324 g/mol. The second-order valence-corrected chi connectivity index (χ2v) is 6.74. The maximum Gasteiger partial charge on any atom is 0.142 e. The van der Waals surface area contributed by atoms with Gasteiger partial charge in [-0.1, -0.05) is 43.3 Å². The van der Waals surface area contributed by atoms with Crippen molar-refractivity contribution in [1.82, 2.24) is 4.90 Å². The molecule has 3 heteroatoms. The molecule has 3 nitrogen and oxygen atoms in total. The number of nitrogens with one attached hydrogen (secondary N) is 1. The largest absolute Gasteiger partial charge is 0.487 e. The first-order valence-corrected chi connectivity index (χ1v) is 8.97. The minimum Gasteiger partial charge on any atom is -0.487 e. The molecule has 0 saturated heterocycles. The SMILES string of the molecule is CCN(Cc1ccccc1)C(C)Cc1ccc2c(c1)NCC(C)O2. The van der Waals surface area contributed by atoms with Gasteiger partial charge in [-0.25, -0.2) is 0 Å². The number of anilines is 1. The maximum atomic E-state index is 5.87. The topological polar surface area (TPSA) is 24.5 Å². The monoisotopic (exact) mass is 324 g/mol. The van der Waals surface area contributed by atoms with E-state index < -0.39 is 0 Å². The van der Waals surface area contributed by atoms with E-state index in [2.05, 4.69) is 79.5 Å². The Morgan fingerprint density at radius 1 is 1.17 bits per heavy atom. The van der Waals surface area contributed by atoms with E-state index >= 15 is 0 Å². The molecule has 2 atom stereocenters. The molecular formula is C21H28N2O. The van der Waals surface area contributed by atoms with Crippen LogP contribution < -0.4 is 10.1 Å². The molecule has 0 aromatic heterocycles. The van der Waals surface area contributed by atoms with Gasteiger partial charge < -0.3 is 10.1 Å². The van der Waals surface area contributed by atoms with Crippen molar-refractivity contribution in [3.8, 4) is 5.75 Å². The third-order valence-corrected chi connectivity index (χ3v) is 4.74. The number of hydrogen-bond donors (Lipinski definition) is 1. The summed E-state index contributed by atoms with van der Waals surface area (Å²) in [5.41, 5.74) is 3.86. The highest BCUT2D eigenvalue weighted by molar-refractivity contribution is 5.59. The number of fused-ring (bicyclic) bond motifs is 1. The van der Waals surface area contributed by atoms with Crippen molar-refractivity contribution >= 4 is 5.69 Å². The fraction of sp³-hybridized carbons (Fsp3) is 0.429. The first-order valence-electron chi connectivity index (χ1n) is 8.97. The van der Waals surface area contributed by atoms with Crippen LogP contribution in [-0.2, 0) is 13.0 Å². The number of nitrogens with zero attached hydrogens (tertiary/aromatic N) is 1. The van der Waals surface area contributed by atoms with Crippen LogP contribution in [0.25, 0.3) is 0 Å². The molecule has 1 N–H and O–H groups in total. The minimum atomic E-state index is 0.240. The summed E-state index contributed by atoms with van der Waals surface area (Å²) >= 11 is 0. The van der Waals surface area contributed by atoms with E-state index in [1.165, 1.54) is 11.1 Å². The Kier molecular flexibility index (Phi) is 5.41. The highest BCUT2D eigenvalue weighted by Gasteiger charge is 2.17. The van der Waals surface area contributed by atoms with Gasteiger partial charge in [-0.15, -0.1) is 0 Å². The zero-order chi connectivity index (χ0) is 16.9. The van der Waals surface area contributed by atoms with Crippen LogP contribution in [0.15, 0.2) is 48.5 Å². The molecule has 1 aliphatic heterocycles. The fourth-order valence-electron chi connectivity index (χ4n) is 3.32. The van der Waals surface area contributed by atoms with E-state index in [4.69, 9.17) is 4.74 Å². The molecule has 1 heterocycles. The van der Waals surface area contributed by atoms with Crippen molar-refractivity contribution in [3.05, 3.63) is 59.7 Å². The second kappa shape index (κ2) is 7.71. The minimum absolute atomic E-state index is 0.240. The Labute approximate surface area is 145 Å². The summed E-state index contributed by atoms with van der Waals surface area (Å²) < 4.78 is 5.87. The highest BCUT2D eigenvalue weighted by atomic mass is 16.5. The van der Waals surface area contributed by atoms with Crippen molar-refractivity contribution in [2.24, 2.45) is 0 Å². The molecule has 0 fully saturated rings. The zero-order valence-electron chi connectivity index (χ0n) is 15.0. The molecule has 2 aromatic carbocycles. The lowest BCUT2D eigenvalue weighted by Crippen LogP contribution is -2.34. The molecule has 0 spiro atoms. The van der Waals surface area contributed by atoms with Crippen molar-refractivity contribution in [3.63, 3.8) is 0 Å². The van der Waals surface area contributed by atoms with Crippen LogP contribution in [-0.4, -0.2) is 30.1 Å². The Balaban J connectivity index is 1.66. The van der Waals surface area contributed by atoms with Crippen LogP contribution in [0.4, 0.5) is 5.69 Å². The van der Waals surface area contributed by atoms with Crippen LogP contribution in [0.5, 0.6) is 5.75 Å². The molecule has 0 saturated carbocycles. The Hall–Kier alpha value is -2.00. The van der Waals surface area contributed by atoms with Crippen molar-refractivity contribution in [2.45, 2.75) is 45.9 Å². The van der Waals surface area contributed by atoms with Gasteiger partial charge in [0.05, 0.1) is 12.2 Å². The number of rotatable bonds is 6. The summed E-state index contributed by atoms with van der Waals surface area (Å²) in [6.45, 7) is 9.58. The van der Waals surface area contributed by atoms with E-state index in [1.54, 1.807) is 0 Å². The maximum absolute atomic E-state index is 5.87. The fourth-order valence-corrected chi connectivity index (χ4v) is 3.32. The number of benzene rings is 2. The number of hydrogen-bond acceptors (Lipinski definition) is 3. The van der Waals surface area contributed by atoms with Gasteiger partial charge in [0.15, 0.2) is 0 Å². The van der Waals surface area contributed by atoms with Crippen LogP contribution in [0, 0.1) is 0 Å². The summed E-state index contributed by atoms with van der Waals surface area (Å²) in [5.74, 6) is 0.974. The third-order valence-electron chi connectivity index (χ3n) is 4.74. The predicted octanol–water partition coefficient (Wildman–Crippen LogP) is 4.33. The molecular weight excluding hydrogens is 296 g/mol. The van der Waals surface area contributed by atoms with Gasteiger partial charge in [-0.05, 0) is 50.1 Å². The van der Waals surface area contributed by atoms with Gasteiger partial charge in [0.25, 0.3) is 0 Å². The summed E-state index contributed by atoms with van der Waals surface area (Å²) in [4.78, 5) is 2.53. The lowest BCUT2D eigenvalue weighted by Gasteiger charge is -2.29. The van der Waals surface area contributed by atoms with Crippen LogP contribution in [0.1, 0.15) is 31.9 Å². The summed E-state index contributed by atoms with van der Waals surface area (Å²) in [5, 5.41) is 3.47. The first kappa shape index (κ1) is 16.8. The molecule has 0 radical (unpaired) electrons. The molecule has 128 valence electrons. The van der Waals surface area contributed by atoms with Gasteiger partial charge in [0.2, 0.25) is 0 Å².